The van der Waals surface area contributed by atoms with E-state index in [9.17, 15) is 14.0 Å². The van der Waals surface area contributed by atoms with E-state index in [4.69, 9.17) is 0 Å². The summed E-state index contributed by atoms with van der Waals surface area (Å²) in [6.45, 7) is 2.23. The van der Waals surface area contributed by atoms with Crippen molar-refractivity contribution in [3.8, 4) is 10.4 Å². The Morgan fingerprint density at radius 3 is 2.59 bits per heavy atom. The summed E-state index contributed by atoms with van der Waals surface area (Å²) in [6.07, 6.45) is 0.784. The zero-order chi connectivity index (χ0) is 19.0. The van der Waals surface area contributed by atoms with Gasteiger partial charge in [0.25, 0.3) is 5.91 Å². The van der Waals surface area contributed by atoms with E-state index in [1.165, 1.54) is 23.5 Å². The lowest BCUT2D eigenvalue weighted by Crippen LogP contribution is -2.25. The van der Waals surface area contributed by atoms with Crippen LogP contribution in [0.2, 0.25) is 0 Å². The molecule has 1 N–H and O–H groups in total. The number of anilines is 2. The van der Waals surface area contributed by atoms with Gasteiger partial charge in [-0.15, -0.1) is 11.3 Å². The zero-order valence-electron chi connectivity index (χ0n) is 14.7. The highest BCUT2D eigenvalue weighted by atomic mass is 32.1. The van der Waals surface area contributed by atoms with Gasteiger partial charge >= 0.3 is 0 Å². The van der Waals surface area contributed by atoms with Gasteiger partial charge in [-0.25, -0.2) is 4.39 Å². The van der Waals surface area contributed by atoms with Gasteiger partial charge in [0.2, 0.25) is 5.91 Å². The average Bonchev–Trinajstić information content (AvgIpc) is 3.29. The average molecular weight is 380 g/mol. The fraction of sp³-hybridized carbons (Fsp3) is 0.143. The zero-order valence-corrected chi connectivity index (χ0v) is 15.5. The monoisotopic (exact) mass is 380 g/mol. The number of nitrogens with zero attached hydrogens (tertiary/aromatic N) is 1. The Bertz CT molecular complexity index is 1030. The summed E-state index contributed by atoms with van der Waals surface area (Å²) in [5.74, 6) is -0.444. The molecule has 0 saturated heterocycles. The van der Waals surface area contributed by atoms with Crippen LogP contribution in [0.1, 0.15) is 22.2 Å². The summed E-state index contributed by atoms with van der Waals surface area (Å²) in [5, 5.41) is 2.91. The first-order chi connectivity index (χ1) is 13.0. The standard InChI is InChI=1S/C21H17FN2O2S/c1-13(25)24-11-10-15-12-17(6-7-18(15)24)23-21(26)20-9-8-19(27-20)14-2-4-16(22)5-3-14/h2-9,12H,10-11H2,1H3,(H,23,26). The number of hydrogen-bond acceptors (Lipinski definition) is 3. The van der Waals surface area contributed by atoms with Crippen LogP contribution in [0.15, 0.2) is 54.6 Å². The molecule has 0 fully saturated rings. The van der Waals surface area contributed by atoms with E-state index >= 15 is 0 Å². The molecule has 27 heavy (non-hydrogen) atoms. The minimum absolute atomic E-state index is 0.0254. The fourth-order valence-corrected chi connectivity index (χ4v) is 4.14. The molecule has 6 heteroatoms. The van der Waals surface area contributed by atoms with Crippen LogP contribution in [-0.4, -0.2) is 18.4 Å². The number of thiophene rings is 1. The topological polar surface area (TPSA) is 49.4 Å². The third-order valence-corrected chi connectivity index (χ3v) is 5.70. The summed E-state index contributed by atoms with van der Waals surface area (Å²) in [6, 6.07) is 15.4. The van der Waals surface area contributed by atoms with Gasteiger partial charge < -0.3 is 10.2 Å². The fourth-order valence-electron chi connectivity index (χ4n) is 3.23. The third-order valence-electron chi connectivity index (χ3n) is 4.57. The quantitative estimate of drug-likeness (QED) is 0.715. The van der Waals surface area contributed by atoms with Crippen molar-refractivity contribution in [2.45, 2.75) is 13.3 Å². The van der Waals surface area contributed by atoms with E-state index in [2.05, 4.69) is 5.32 Å². The van der Waals surface area contributed by atoms with E-state index in [1.807, 2.05) is 24.3 Å². The molecule has 3 aromatic rings. The minimum atomic E-state index is -0.284. The Hall–Kier alpha value is -2.99. The number of fused-ring (bicyclic) bond motifs is 1. The predicted molar refractivity (Wildman–Crippen MR) is 106 cm³/mol. The number of benzene rings is 2. The van der Waals surface area contributed by atoms with Gasteiger partial charge in [0.15, 0.2) is 0 Å². The highest BCUT2D eigenvalue weighted by Gasteiger charge is 2.22. The van der Waals surface area contributed by atoms with Crippen molar-refractivity contribution in [2.24, 2.45) is 0 Å². The van der Waals surface area contributed by atoms with Crippen LogP contribution in [-0.2, 0) is 11.2 Å². The van der Waals surface area contributed by atoms with Crippen molar-refractivity contribution < 1.29 is 14.0 Å². The molecule has 4 rings (SSSR count). The number of nitrogens with one attached hydrogen (secondary N) is 1. The van der Waals surface area contributed by atoms with Crippen LogP contribution in [0.4, 0.5) is 15.8 Å². The maximum Gasteiger partial charge on any atom is 0.265 e. The molecule has 1 aromatic heterocycles. The molecule has 1 aliphatic rings. The molecule has 2 heterocycles. The molecule has 4 nitrogen and oxygen atoms in total. The second-order valence-electron chi connectivity index (χ2n) is 6.39. The molecule has 2 aromatic carbocycles. The van der Waals surface area contributed by atoms with Crippen LogP contribution in [0, 0.1) is 5.82 Å². The first-order valence-corrected chi connectivity index (χ1v) is 9.41. The molecular formula is C21H17FN2O2S. The molecule has 0 aliphatic carbocycles. The van der Waals surface area contributed by atoms with Crippen LogP contribution in [0.25, 0.3) is 10.4 Å². The number of hydrogen-bond donors (Lipinski definition) is 1. The van der Waals surface area contributed by atoms with E-state index in [0.29, 0.717) is 17.1 Å². The van der Waals surface area contributed by atoms with Gasteiger partial charge in [0.05, 0.1) is 4.88 Å². The second kappa shape index (κ2) is 6.96. The van der Waals surface area contributed by atoms with E-state index in [0.717, 1.165) is 28.1 Å². The van der Waals surface area contributed by atoms with Crippen molar-refractivity contribution in [3.05, 3.63) is 70.9 Å². The number of carbonyl (C=O) groups is 2. The third kappa shape index (κ3) is 3.48. The van der Waals surface area contributed by atoms with Gasteiger partial charge in [-0.2, -0.15) is 0 Å². The molecule has 0 atom stereocenters. The van der Waals surface area contributed by atoms with Crippen LogP contribution >= 0.6 is 11.3 Å². The smallest absolute Gasteiger partial charge is 0.265 e. The largest absolute Gasteiger partial charge is 0.321 e. The lowest BCUT2D eigenvalue weighted by atomic mass is 10.1. The number of amides is 2. The Morgan fingerprint density at radius 2 is 1.85 bits per heavy atom. The maximum atomic E-state index is 13.1. The summed E-state index contributed by atoms with van der Waals surface area (Å²) >= 11 is 1.36. The first kappa shape index (κ1) is 17.4. The van der Waals surface area contributed by atoms with Crippen molar-refractivity contribution in [2.75, 3.05) is 16.8 Å². The van der Waals surface area contributed by atoms with E-state index in [1.54, 1.807) is 30.0 Å². The summed E-state index contributed by atoms with van der Waals surface area (Å²) < 4.78 is 13.1. The van der Waals surface area contributed by atoms with Gasteiger partial charge in [-0.05, 0) is 60.0 Å². The first-order valence-electron chi connectivity index (χ1n) is 8.59. The van der Waals surface area contributed by atoms with E-state index < -0.39 is 0 Å². The van der Waals surface area contributed by atoms with Gasteiger partial charge in [-0.1, -0.05) is 12.1 Å². The van der Waals surface area contributed by atoms with E-state index in [-0.39, 0.29) is 17.6 Å². The highest BCUT2D eigenvalue weighted by molar-refractivity contribution is 7.17. The van der Waals surface area contributed by atoms with Crippen LogP contribution in [0.5, 0.6) is 0 Å². The van der Waals surface area contributed by atoms with Crippen molar-refractivity contribution in [1.29, 1.82) is 0 Å². The minimum Gasteiger partial charge on any atom is -0.321 e. The maximum absolute atomic E-state index is 13.1. The molecule has 1 aliphatic heterocycles. The summed E-state index contributed by atoms with van der Waals surface area (Å²) in [7, 11) is 0. The molecule has 0 unspecified atom stereocenters. The summed E-state index contributed by atoms with van der Waals surface area (Å²) in [5.41, 5.74) is 3.56. The molecule has 2 amide bonds. The Balaban J connectivity index is 1.50. The molecular weight excluding hydrogens is 363 g/mol. The van der Waals surface area contributed by atoms with Gasteiger partial charge in [-0.3, -0.25) is 9.59 Å². The normalized spacial score (nSPS) is 12.7. The Morgan fingerprint density at radius 1 is 1.07 bits per heavy atom. The molecule has 0 saturated carbocycles. The number of carbonyl (C=O) groups excluding carboxylic acids is 2. The second-order valence-corrected chi connectivity index (χ2v) is 7.47. The lowest BCUT2D eigenvalue weighted by Gasteiger charge is -2.15. The molecule has 136 valence electrons. The SMILES string of the molecule is CC(=O)N1CCc2cc(NC(=O)c3ccc(-c4ccc(F)cc4)s3)ccc21. The van der Waals surface area contributed by atoms with Crippen LogP contribution < -0.4 is 10.2 Å². The Kier molecular flexibility index (Phi) is 4.49. The predicted octanol–water partition coefficient (Wildman–Crippen LogP) is 4.72. The molecule has 0 radical (unpaired) electrons. The number of halogens is 1. The molecule has 0 spiro atoms. The molecule has 0 bridgehead atoms. The summed E-state index contributed by atoms with van der Waals surface area (Å²) in [4.78, 5) is 27.4. The van der Waals surface area contributed by atoms with Gasteiger partial charge in [0.1, 0.15) is 5.82 Å². The lowest BCUT2D eigenvalue weighted by molar-refractivity contribution is -0.116. The van der Waals surface area contributed by atoms with Crippen LogP contribution in [0.3, 0.4) is 0 Å². The van der Waals surface area contributed by atoms with Crippen molar-refractivity contribution in [3.63, 3.8) is 0 Å². The van der Waals surface area contributed by atoms with Gasteiger partial charge in [0, 0.05) is 29.7 Å². The number of rotatable bonds is 3. The van der Waals surface area contributed by atoms with Crippen molar-refractivity contribution >= 4 is 34.5 Å². The Labute approximate surface area is 160 Å². The van der Waals surface area contributed by atoms with Crippen molar-refractivity contribution in [1.82, 2.24) is 0 Å². The highest BCUT2D eigenvalue weighted by Crippen LogP contribution is 2.32.